The summed E-state index contributed by atoms with van der Waals surface area (Å²) in [4.78, 5) is 11.8. The predicted molar refractivity (Wildman–Crippen MR) is 70.5 cm³/mol. The van der Waals surface area contributed by atoms with Gasteiger partial charge in [-0.1, -0.05) is 6.07 Å². The van der Waals surface area contributed by atoms with Crippen molar-refractivity contribution >= 4 is 16.7 Å². The summed E-state index contributed by atoms with van der Waals surface area (Å²) in [7, 11) is 0.419. The number of phenolic OH excluding ortho intramolecular Hbond substituents is 1. The third kappa shape index (κ3) is 3.46. The van der Waals surface area contributed by atoms with Gasteiger partial charge in [0.25, 0.3) is 5.91 Å². The first-order valence-electron chi connectivity index (χ1n) is 5.43. The van der Waals surface area contributed by atoms with Crippen molar-refractivity contribution in [2.24, 2.45) is 0 Å². The molecule has 0 aromatic heterocycles. The third-order valence-corrected chi connectivity index (χ3v) is 3.88. The first kappa shape index (κ1) is 14.5. The molecule has 100 valence electrons. The van der Waals surface area contributed by atoms with E-state index in [1.165, 1.54) is 13.2 Å². The molecule has 5 nitrogen and oxygen atoms in total. The Morgan fingerprint density at radius 2 is 2.22 bits per heavy atom. The fraction of sp³-hybridized carbons (Fsp3) is 0.417. The summed E-state index contributed by atoms with van der Waals surface area (Å²) in [6.45, 7) is 2.07. The number of phenols is 1. The minimum absolute atomic E-state index is 0.137. The van der Waals surface area contributed by atoms with Crippen LogP contribution in [-0.2, 0) is 10.8 Å². The Bertz CT molecular complexity index is 461. The predicted octanol–water partition coefficient (Wildman–Crippen LogP) is 0.898. The second-order valence-electron chi connectivity index (χ2n) is 3.88. The third-order valence-electron chi connectivity index (χ3n) is 2.58. The SMILES string of the molecule is COc1cccc(C(=O)NCC(C)S(C)=O)c1O. The lowest BCUT2D eigenvalue weighted by molar-refractivity contribution is 0.0951. The lowest BCUT2D eigenvalue weighted by Crippen LogP contribution is -2.32. The first-order chi connectivity index (χ1) is 8.47. The maximum atomic E-state index is 11.8. The molecule has 0 fully saturated rings. The number of nitrogens with one attached hydrogen (secondary N) is 1. The van der Waals surface area contributed by atoms with Gasteiger partial charge in [-0.2, -0.15) is 0 Å². The molecule has 1 rings (SSSR count). The monoisotopic (exact) mass is 271 g/mol. The van der Waals surface area contributed by atoms with Crippen LogP contribution in [0.15, 0.2) is 18.2 Å². The summed E-state index contributed by atoms with van der Waals surface area (Å²) in [5, 5.41) is 12.3. The standard InChI is InChI=1S/C12H17NO4S/c1-8(18(3)16)7-13-12(15)9-5-4-6-10(17-2)11(9)14/h4-6,8,14H,7H2,1-3H3,(H,13,15). The molecule has 0 saturated carbocycles. The van der Waals surface area contributed by atoms with Crippen molar-refractivity contribution in [3.63, 3.8) is 0 Å². The highest BCUT2D eigenvalue weighted by Crippen LogP contribution is 2.29. The number of benzene rings is 1. The van der Waals surface area contributed by atoms with Gasteiger partial charge in [0.15, 0.2) is 11.5 Å². The Balaban J connectivity index is 2.76. The molecule has 6 heteroatoms. The molecule has 2 atom stereocenters. The van der Waals surface area contributed by atoms with Gasteiger partial charge >= 0.3 is 0 Å². The fourth-order valence-corrected chi connectivity index (χ4v) is 1.64. The van der Waals surface area contributed by atoms with E-state index < -0.39 is 16.7 Å². The van der Waals surface area contributed by atoms with Crippen LogP contribution in [0.25, 0.3) is 0 Å². The maximum Gasteiger partial charge on any atom is 0.255 e. The highest BCUT2D eigenvalue weighted by molar-refractivity contribution is 7.84. The van der Waals surface area contributed by atoms with Gasteiger partial charge in [0.1, 0.15) is 0 Å². The molecular weight excluding hydrogens is 254 g/mol. The van der Waals surface area contributed by atoms with E-state index in [1.807, 2.05) is 0 Å². The van der Waals surface area contributed by atoms with E-state index >= 15 is 0 Å². The number of hydrogen-bond acceptors (Lipinski definition) is 4. The largest absolute Gasteiger partial charge is 0.504 e. The zero-order valence-electron chi connectivity index (χ0n) is 10.6. The molecule has 0 spiro atoms. The number of carbonyl (C=O) groups excluding carboxylic acids is 1. The highest BCUT2D eigenvalue weighted by atomic mass is 32.2. The molecule has 0 heterocycles. The molecule has 0 radical (unpaired) electrons. The molecule has 18 heavy (non-hydrogen) atoms. The number of methoxy groups -OCH3 is 1. The Morgan fingerprint density at radius 3 is 2.78 bits per heavy atom. The van der Waals surface area contributed by atoms with Crippen LogP contribution in [0.4, 0.5) is 0 Å². The number of ether oxygens (including phenoxy) is 1. The summed E-state index contributed by atoms with van der Waals surface area (Å²) < 4.78 is 16.1. The highest BCUT2D eigenvalue weighted by Gasteiger charge is 2.15. The Morgan fingerprint density at radius 1 is 1.56 bits per heavy atom. The summed E-state index contributed by atoms with van der Waals surface area (Å²) >= 11 is 0. The van der Waals surface area contributed by atoms with Crippen molar-refractivity contribution in [1.82, 2.24) is 5.32 Å². The van der Waals surface area contributed by atoms with Crippen molar-refractivity contribution in [3.05, 3.63) is 23.8 Å². The van der Waals surface area contributed by atoms with Gasteiger partial charge in [0.2, 0.25) is 0 Å². The van der Waals surface area contributed by atoms with Gasteiger partial charge in [-0.3, -0.25) is 9.00 Å². The summed E-state index contributed by atoms with van der Waals surface area (Å²) in [5.41, 5.74) is 0.142. The van der Waals surface area contributed by atoms with Crippen LogP contribution in [0.3, 0.4) is 0 Å². The topological polar surface area (TPSA) is 75.6 Å². The number of carbonyl (C=O) groups is 1. The number of amides is 1. The minimum atomic E-state index is -0.996. The van der Waals surface area contributed by atoms with Gasteiger partial charge in [-0.15, -0.1) is 0 Å². The molecular formula is C12H17NO4S. The van der Waals surface area contributed by atoms with E-state index in [0.717, 1.165) is 0 Å². The molecule has 1 aromatic rings. The number of rotatable bonds is 5. The van der Waals surface area contributed by atoms with Crippen LogP contribution < -0.4 is 10.1 Å². The van der Waals surface area contributed by atoms with Crippen molar-refractivity contribution in [3.8, 4) is 11.5 Å². The zero-order chi connectivity index (χ0) is 13.7. The average Bonchev–Trinajstić information content (AvgIpc) is 2.35. The van der Waals surface area contributed by atoms with Gasteiger partial charge in [0, 0.05) is 28.9 Å². The van der Waals surface area contributed by atoms with Crippen LogP contribution in [0.5, 0.6) is 11.5 Å². The van der Waals surface area contributed by atoms with Crippen molar-refractivity contribution in [2.45, 2.75) is 12.2 Å². The number of para-hydroxylation sites is 1. The minimum Gasteiger partial charge on any atom is -0.504 e. The van der Waals surface area contributed by atoms with Gasteiger partial charge in [-0.05, 0) is 19.1 Å². The van der Waals surface area contributed by atoms with Gasteiger partial charge in [-0.25, -0.2) is 0 Å². The van der Waals surface area contributed by atoms with E-state index in [1.54, 1.807) is 25.3 Å². The first-order valence-corrected chi connectivity index (χ1v) is 7.06. The molecule has 0 bridgehead atoms. The molecule has 0 aliphatic carbocycles. The van der Waals surface area contributed by atoms with E-state index in [-0.39, 0.29) is 22.3 Å². The molecule has 2 unspecified atom stereocenters. The number of hydrogen-bond donors (Lipinski definition) is 2. The molecule has 0 saturated heterocycles. The van der Waals surface area contributed by atoms with Crippen LogP contribution in [-0.4, -0.2) is 40.4 Å². The van der Waals surface area contributed by atoms with Crippen LogP contribution >= 0.6 is 0 Å². The van der Waals surface area contributed by atoms with E-state index in [4.69, 9.17) is 4.74 Å². The average molecular weight is 271 g/mol. The van der Waals surface area contributed by atoms with Crippen molar-refractivity contribution in [2.75, 3.05) is 19.9 Å². The van der Waals surface area contributed by atoms with E-state index in [9.17, 15) is 14.1 Å². The van der Waals surface area contributed by atoms with Crippen LogP contribution in [0.2, 0.25) is 0 Å². The van der Waals surface area contributed by atoms with Crippen molar-refractivity contribution in [1.29, 1.82) is 0 Å². The molecule has 0 aliphatic heterocycles. The van der Waals surface area contributed by atoms with Gasteiger partial charge < -0.3 is 15.2 Å². The summed E-state index contributed by atoms with van der Waals surface area (Å²) in [6.07, 6.45) is 1.58. The summed E-state index contributed by atoms with van der Waals surface area (Å²) in [5.74, 6) is -0.360. The lowest BCUT2D eigenvalue weighted by atomic mass is 10.1. The fourth-order valence-electron chi connectivity index (χ4n) is 1.32. The maximum absolute atomic E-state index is 11.8. The Labute approximate surface area is 109 Å². The smallest absolute Gasteiger partial charge is 0.255 e. The second-order valence-corrected chi connectivity index (χ2v) is 5.68. The Hall–Kier alpha value is -1.56. The van der Waals surface area contributed by atoms with E-state index in [2.05, 4.69) is 5.32 Å². The molecule has 2 N–H and O–H groups in total. The molecule has 1 amide bonds. The van der Waals surface area contributed by atoms with Crippen molar-refractivity contribution < 1.29 is 18.8 Å². The zero-order valence-corrected chi connectivity index (χ0v) is 11.4. The molecule has 1 aromatic carbocycles. The Kier molecular flexibility index (Phi) is 5.15. The second kappa shape index (κ2) is 6.39. The lowest BCUT2D eigenvalue weighted by Gasteiger charge is -2.12. The summed E-state index contributed by atoms with van der Waals surface area (Å²) in [6, 6.07) is 4.69. The van der Waals surface area contributed by atoms with Crippen LogP contribution in [0.1, 0.15) is 17.3 Å². The van der Waals surface area contributed by atoms with Gasteiger partial charge in [0.05, 0.1) is 12.7 Å². The molecule has 0 aliphatic rings. The number of aromatic hydroxyl groups is 1. The van der Waals surface area contributed by atoms with E-state index in [0.29, 0.717) is 6.54 Å². The van der Waals surface area contributed by atoms with Crippen LogP contribution in [0, 0.1) is 0 Å². The quantitative estimate of drug-likeness (QED) is 0.834. The normalized spacial score (nSPS) is 13.7.